The normalized spacial score (nSPS) is 16.9. The summed E-state index contributed by atoms with van der Waals surface area (Å²) in [7, 11) is 0. The molecular weight excluding hydrogens is 340 g/mol. The van der Waals surface area contributed by atoms with Crippen LogP contribution >= 0.6 is 0 Å². The van der Waals surface area contributed by atoms with Crippen molar-refractivity contribution in [1.82, 2.24) is 10.1 Å². The van der Waals surface area contributed by atoms with Gasteiger partial charge in [-0.2, -0.15) is 4.98 Å². The van der Waals surface area contributed by atoms with E-state index in [-0.39, 0.29) is 11.8 Å². The van der Waals surface area contributed by atoms with Gasteiger partial charge in [0.15, 0.2) is 0 Å². The molecule has 27 heavy (non-hydrogen) atoms. The van der Waals surface area contributed by atoms with Crippen LogP contribution in [0.5, 0.6) is 0 Å². The lowest BCUT2D eigenvalue weighted by molar-refractivity contribution is -0.117. The van der Waals surface area contributed by atoms with Crippen molar-refractivity contribution in [3.63, 3.8) is 0 Å². The minimum atomic E-state index is -0.0908. The summed E-state index contributed by atoms with van der Waals surface area (Å²) in [6.07, 6.45) is 1.26. The highest BCUT2D eigenvalue weighted by Crippen LogP contribution is 2.33. The first-order valence-electron chi connectivity index (χ1n) is 9.20. The number of rotatable bonds is 5. The number of carbonyl (C=O) groups excluding carboxylic acids is 1. The van der Waals surface area contributed by atoms with Crippen molar-refractivity contribution in [2.45, 2.75) is 32.2 Å². The van der Waals surface area contributed by atoms with E-state index in [2.05, 4.69) is 23.1 Å². The van der Waals surface area contributed by atoms with Gasteiger partial charge >= 0.3 is 0 Å². The van der Waals surface area contributed by atoms with E-state index in [1.807, 2.05) is 47.4 Å². The number of carbonyl (C=O) groups is 1. The first-order chi connectivity index (χ1) is 13.2. The highest BCUT2D eigenvalue weighted by molar-refractivity contribution is 5.97. The number of nitrogens with two attached hydrogens (primary N) is 1. The van der Waals surface area contributed by atoms with Crippen LogP contribution in [0.25, 0.3) is 11.4 Å². The number of aromatic nitrogens is 2. The molecule has 2 heterocycles. The molecule has 3 aromatic rings. The largest absolute Gasteiger partial charge is 0.339 e. The lowest BCUT2D eigenvalue weighted by atomic mass is 10.1. The van der Waals surface area contributed by atoms with Gasteiger partial charge in [0.2, 0.25) is 17.6 Å². The Morgan fingerprint density at radius 1 is 1.19 bits per heavy atom. The van der Waals surface area contributed by atoms with Crippen LogP contribution in [0, 0.1) is 0 Å². The molecule has 1 fully saturated rings. The van der Waals surface area contributed by atoms with Crippen LogP contribution < -0.4 is 10.6 Å². The van der Waals surface area contributed by atoms with Gasteiger partial charge in [0.05, 0.1) is 5.92 Å². The molecule has 1 saturated heterocycles. The third-order valence-corrected chi connectivity index (χ3v) is 5.03. The molecule has 0 aliphatic carbocycles. The number of nitrogens with zero attached hydrogens (tertiary/aromatic N) is 3. The van der Waals surface area contributed by atoms with Crippen LogP contribution in [-0.4, -0.2) is 22.6 Å². The standard InChI is InChI=1S/C21H22N4O2/c1-2-15-5-3-4-6-18(15)25-13-17(11-19(25)26)21-23-20(24-27-21)16-9-7-14(12-22)8-10-16/h3-10,17H,2,11-13,22H2,1H3. The third-order valence-electron chi connectivity index (χ3n) is 5.03. The zero-order valence-electron chi connectivity index (χ0n) is 15.3. The summed E-state index contributed by atoms with van der Waals surface area (Å²) in [5.74, 6) is 1.05. The Labute approximate surface area is 158 Å². The van der Waals surface area contributed by atoms with Gasteiger partial charge in [0.25, 0.3) is 0 Å². The molecule has 1 aliphatic rings. The van der Waals surface area contributed by atoms with E-state index in [0.717, 1.165) is 28.8 Å². The van der Waals surface area contributed by atoms with Gasteiger partial charge in [-0.3, -0.25) is 4.79 Å². The number of amides is 1. The number of hydrogen-bond donors (Lipinski definition) is 1. The molecule has 0 bridgehead atoms. The average Bonchev–Trinajstić information content (AvgIpc) is 3.35. The second-order valence-corrected chi connectivity index (χ2v) is 6.74. The monoisotopic (exact) mass is 362 g/mol. The quantitative estimate of drug-likeness (QED) is 0.753. The predicted octanol–water partition coefficient (Wildman–Crippen LogP) is 3.28. The minimum absolute atomic E-state index is 0.0907. The maximum Gasteiger partial charge on any atom is 0.232 e. The fraction of sp³-hybridized carbons (Fsp3) is 0.286. The third kappa shape index (κ3) is 3.36. The highest BCUT2D eigenvalue weighted by Gasteiger charge is 2.35. The van der Waals surface area contributed by atoms with E-state index in [0.29, 0.717) is 31.2 Å². The molecule has 0 saturated carbocycles. The van der Waals surface area contributed by atoms with Gasteiger partial charge in [-0.15, -0.1) is 0 Å². The van der Waals surface area contributed by atoms with E-state index >= 15 is 0 Å². The maximum absolute atomic E-state index is 12.6. The molecule has 2 aromatic carbocycles. The molecule has 1 unspecified atom stereocenters. The molecule has 4 rings (SSSR count). The zero-order valence-corrected chi connectivity index (χ0v) is 15.3. The summed E-state index contributed by atoms with van der Waals surface area (Å²) in [5.41, 5.74) is 9.70. The highest BCUT2D eigenvalue weighted by atomic mass is 16.5. The number of benzene rings is 2. The number of hydrogen-bond acceptors (Lipinski definition) is 5. The van der Waals surface area contributed by atoms with E-state index in [9.17, 15) is 4.79 Å². The topological polar surface area (TPSA) is 85.2 Å². The lowest BCUT2D eigenvalue weighted by Crippen LogP contribution is -2.25. The Hall–Kier alpha value is -2.99. The molecule has 6 nitrogen and oxygen atoms in total. The van der Waals surface area contributed by atoms with E-state index in [1.165, 1.54) is 0 Å². The fourth-order valence-corrected chi connectivity index (χ4v) is 3.49. The minimum Gasteiger partial charge on any atom is -0.339 e. The van der Waals surface area contributed by atoms with Crippen LogP contribution in [0.1, 0.15) is 36.3 Å². The van der Waals surface area contributed by atoms with Crippen molar-refractivity contribution in [3.8, 4) is 11.4 Å². The Bertz CT molecular complexity index is 949. The smallest absolute Gasteiger partial charge is 0.232 e. The molecule has 6 heteroatoms. The molecule has 1 atom stereocenters. The Balaban J connectivity index is 1.55. The number of para-hydroxylation sites is 1. The summed E-state index contributed by atoms with van der Waals surface area (Å²) in [4.78, 5) is 19.0. The summed E-state index contributed by atoms with van der Waals surface area (Å²) >= 11 is 0. The zero-order chi connectivity index (χ0) is 18.8. The average molecular weight is 362 g/mol. The second kappa shape index (κ2) is 7.32. The summed E-state index contributed by atoms with van der Waals surface area (Å²) in [6, 6.07) is 15.8. The molecule has 138 valence electrons. The van der Waals surface area contributed by atoms with Crippen LogP contribution in [0.2, 0.25) is 0 Å². The van der Waals surface area contributed by atoms with Crippen LogP contribution in [-0.2, 0) is 17.8 Å². The van der Waals surface area contributed by atoms with Gasteiger partial charge in [-0.05, 0) is 23.6 Å². The first-order valence-corrected chi connectivity index (χ1v) is 9.20. The van der Waals surface area contributed by atoms with Crippen molar-refractivity contribution >= 4 is 11.6 Å². The Morgan fingerprint density at radius 2 is 1.96 bits per heavy atom. The predicted molar refractivity (Wildman–Crippen MR) is 103 cm³/mol. The molecule has 0 radical (unpaired) electrons. The van der Waals surface area contributed by atoms with Crippen LogP contribution in [0.3, 0.4) is 0 Å². The van der Waals surface area contributed by atoms with Gasteiger partial charge < -0.3 is 15.2 Å². The molecule has 0 spiro atoms. The lowest BCUT2D eigenvalue weighted by Gasteiger charge is -2.19. The molecule has 1 amide bonds. The number of aryl methyl sites for hydroxylation is 1. The van der Waals surface area contributed by atoms with Gasteiger partial charge in [-0.1, -0.05) is 54.5 Å². The number of anilines is 1. The van der Waals surface area contributed by atoms with Gasteiger partial charge in [-0.25, -0.2) is 0 Å². The maximum atomic E-state index is 12.6. The van der Waals surface area contributed by atoms with E-state index in [1.54, 1.807) is 0 Å². The molecule has 2 N–H and O–H groups in total. The van der Waals surface area contributed by atoms with E-state index in [4.69, 9.17) is 10.3 Å². The van der Waals surface area contributed by atoms with Crippen LogP contribution in [0.15, 0.2) is 53.1 Å². The Kier molecular flexibility index (Phi) is 4.73. The SMILES string of the molecule is CCc1ccccc1N1CC(c2nc(-c3ccc(CN)cc3)no2)CC1=O. The van der Waals surface area contributed by atoms with E-state index < -0.39 is 0 Å². The van der Waals surface area contributed by atoms with Crippen molar-refractivity contribution < 1.29 is 9.32 Å². The van der Waals surface area contributed by atoms with Crippen molar-refractivity contribution in [1.29, 1.82) is 0 Å². The van der Waals surface area contributed by atoms with Crippen molar-refractivity contribution in [2.75, 3.05) is 11.4 Å². The second-order valence-electron chi connectivity index (χ2n) is 6.74. The Morgan fingerprint density at radius 3 is 2.70 bits per heavy atom. The summed E-state index contributed by atoms with van der Waals surface area (Å²) < 4.78 is 5.48. The molecule has 1 aliphatic heterocycles. The fourth-order valence-electron chi connectivity index (χ4n) is 3.49. The van der Waals surface area contributed by atoms with Crippen molar-refractivity contribution in [2.24, 2.45) is 5.73 Å². The van der Waals surface area contributed by atoms with Crippen molar-refractivity contribution in [3.05, 3.63) is 65.5 Å². The summed E-state index contributed by atoms with van der Waals surface area (Å²) in [5, 5.41) is 4.10. The first kappa shape index (κ1) is 17.4. The summed E-state index contributed by atoms with van der Waals surface area (Å²) in [6.45, 7) is 3.15. The van der Waals surface area contributed by atoms with Crippen LogP contribution in [0.4, 0.5) is 5.69 Å². The van der Waals surface area contributed by atoms with Gasteiger partial charge in [0, 0.05) is 30.8 Å². The van der Waals surface area contributed by atoms with Gasteiger partial charge in [0.1, 0.15) is 0 Å². The molecular formula is C21H22N4O2. The molecule has 1 aromatic heterocycles.